The number of fused-ring (bicyclic) bond motifs is 2. The van der Waals surface area contributed by atoms with Gasteiger partial charge in [-0.3, -0.25) is 14.8 Å². The number of H-pyrrole nitrogens is 1. The Morgan fingerprint density at radius 2 is 1.90 bits per heavy atom. The summed E-state index contributed by atoms with van der Waals surface area (Å²) in [6.07, 6.45) is 16.8. The molecule has 2 aliphatic rings. The van der Waals surface area contributed by atoms with E-state index in [9.17, 15) is 4.79 Å². The smallest absolute Gasteiger partial charge is 0.224 e. The number of likely N-dealkylation sites (tertiary alicyclic amines) is 1. The summed E-state index contributed by atoms with van der Waals surface area (Å²) in [6, 6.07) is 3.83. The fraction of sp³-hybridized carbons (Fsp3) is 0.333. The van der Waals surface area contributed by atoms with Crippen molar-refractivity contribution in [2.45, 2.75) is 46.5 Å². The molecular weight excluding hydrogens is 502 g/mol. The predicted octanol–water partition coefficient (Wildman–Crippen LogP) is 5.62. The van der Waals surface area contributed by atoms with Gasteiger partial charge in [-0.25, -0.2) is 15.0 Å². The Labute approximate surface area is 233 Å². The molecule has 0 atom stereocenters. The van der Waals surface area contributed by atoms with Crippen molar-refractivity contribution < 1.29 is 4.79 Å². The predicted molar refractivity (Wildman–Crippen MR) is 157 cm³/mol. The molecule has 1 fully saturated rings. The summed E-state index contributed by atoms with van der Waals surface area (Å²) in [5.41, 5.74) is 5.48. The summed E-state index contributed by atoms with van der Waals surface area (Å²) in [6.45, 7) is 8.17. The van der Waals surface area contributed by atoms with Crippen LogP contribution in [0.4, 0.5) is 11.5 Å². The van der Waals surface area contributed by atoms with Gasteiger partial charge in [0, 0.05) is 42.9 Å². The Kier molecular flexibility index (Phi) is 6.75. The quantitative estimate of drug-likeness (QED) is 0.301. The summed E-state index contributed by atoms with van der Waals surface area (Å²) in [5.74, 6) is 1.37. The Balaban J connectivity index is 1.35. The van der Waals surface area contributed by atoms with Crippen molar-refractivity contribution in [3.05, 3.63) is 61.1 Å². The highest BCUT2D eigenvalue weighted by Crippen LogP contribution is 2.34. The Morgan fingerprint density at radius 1 is 1.05 bits per heavy atom. The summed E-state index contributed by atoms with van der Waals surface area (Å²) in [5, 5.41) is 7.08. The van der Waals surface area contributed by atoms with Crippen molar-refractivity contribution in [1.82, 2.24) is 34.8 Å². The molecule has 10 nitrogen and oxygen atoms in total. The van der Waals surface area contributed by atoms with E-state index in [0.29, 0.717) is 34.8 Å². The standard InChI is InChI=1S/C30H33N9O/c1-30(2,3)14-25(40)36-20-12-19(15-31-16-20)22-13-21-23(17-33-22)34-18-35-26(21)29-37-27-24(39-10-5-4-6-11-39)8-7-9-32-28(27)38-29/h7-9,12-13,15-18,32H,4-6,10-11,14H2,1-3H3,(H,36,40)(H,37,38). The van der Waals surface area contributed by atoms with Crippen LogP contribution in [0.15, 0.2) is 55.4 Å². The van der Waals surface area contributed by atoms with Gasteiger partial charge in [-0.2, -0.15) is 0 Å². The van der Waals surface area contributed by atoms with E-state index in [1.54, 1.807) is 18.6 Å². The van der Waals surface area contributed by atoms with Crippen LogP contribution in [0.1, 0.15) is 52.1 Å². The largest absolute Gasteiger partial charge is 0.370 e. The van der Waals surface area contributed by atoms with E-state index in [0.717, 1.165) is 41.2 Å². The molecule has 0 aromatic carbocycles. The number of pyridine rings is 2. The van der Waals surface area contributed by atoms with Crippen LogP contribution in [0.3, 0.4) is 0 Å². The van der Waals surface area contributed by atoms with Crippen molar-refractivity contribution in [2.24, 2.45) is 5.41 Å². The van der Waals surface area contributed by atoms with Gasteiger partial charge >= 0.3 is 0 Å². The number of amides is 1. The van der Waals surface area contributed by atoms with Crippen LogP contribution in [0.2, 0.25) is 0 Å². The maximum atomic E-state index is 12.5. The van der Waals surface area contributed by atoms with Gasteiger partial charge in [0.1, 0.15) is 17.7 Å². The van der Waals surface area contributed by atoms with E-state index >= 15 is 0 Å². The molecule has 0 saturated carbocycles. The molecule has 1 amide bonds. The molecule has 0 aliphatic carbocycles. The Hall–Kier alpha value is -4.60. The fourth-order valence-corrected chi connectivity index (χ4v) is 5.16. The maximum Gasteiger partial charge on any atom is 0.224 e. The fourth-order valence-electron chi connectivity index (χ4n) is 5.16. The minimum atomic E-state index is -0.105. The lowest BCUT2D eigenvalue weighted by molar-refractivity contribution is -0.117. The summed E-state index contributed by atoms with van der Waals surface area (Å²) in [4.78, 5) is 41.4. The number of aromatic amines is 1. The number of nitrogens with zero attached hydrogens (tertiary/aromatic N) is 6. The highest BCUT2D eigenvalue weighted by Gasteiger charge is 2.23. The maximum absolute atomic E-state index is 12.5. The zero-order valence-corrected chi connectivity index (χ0v) is 23.0. The first-order chi connectivity index (χ1) is 19.3. The van der Waals surface area contributed by atoms with Gasteiger partial charge in [0.2, 0.25) is 5.91 Å². The Morgan fingerprint density at radius 3 is 2.73 bits per heavy atom. The topological polar surface area (TPSA) is 125 Å². The van der Waals surface area contributed by atoms with E-state index in [-0.39, 0.29) is 11.3 Å². The van der Waals surface area contributed by atoms with Crippen LogP contribution in [-0.4, -0.2) is 53.8 Å². The molecule has 3 N–H and O–H groups in total. The van der Waals surface area contributed by atoms with Crippen molar-refractivity contribution in [3.63, 3.8) is 0 Å². The van der Waals surface area contributed by atoms with E-state index in [2.05, 4.69) is 46.5 Å². The van der Waals surface area contributed by atoms with Crippen LogP contribution in [-0.2, 0) is 4.79 Å². The molecule has 6 rings (SSSR count). The second kappa shape index (κ2) is 10.5. The third-order valence-corrected chi connectivity index (χ3v) is 6.98. The minimum absolute atomic E-state index is 0.0485. The zero-order chi connectivity index (χ0) is 27.7. The average molecular weight is 536 g/mol. The number of imidazole rings is 1. The SMILES string of the molecule is CC(C)(C)CC(=O)Nc1cncc(-c2cc3c(-c4nc5c([nH]4)C(N4CCCCC4)=CC=CN5)ncnc3cn2)c1. The number of aromatic nitrogens is 6. The van der Waals surface area contributed by atoms with Crippen LogP contribution >= 0.6 is 0 Å². The number of carbonyl (C=O) groups is 1. The second-order valence-electron chi connectivity index (χ2n) is 11.5. The zero-order valence-electron chi connectivity index (χ0n) is 23.0. The molecule has 6 heterocycles. The van der Waals surface area contributed by atoms with E-state index in [1.807, 2.05) is 45.2 Å². The molecule has 204 valence electrons. The number of carbonyl (C=O) groups excluding carboxylic acids is 1. The average Bonchev–Trinajstić information content (AvgIpc) is 3.25. The lowest BCUT2D eigenvalue weighted by atomic mass is 9.92. The van der Waals surface area contributed by atoms with Crippen LogP contribution in [0.5, 0.6) is 0 Å². The number of rotatable bonds is 5. The molecule has 2 aliphatic heterocycles. The lowest BCUT2D eigenvalue weighted by Crippen LogP contribution is -2.28. The monoisotopic (exact) mass is 535 g/mol. The summed E-state index contributed by atoms with van der Waals surface area (Å²) in [7, 11) is 0. The summed E-state index contributed by atoms with van der Waals surface area (Å²) >= 11 is 0. The van der Waals surface area contributed by atoms with Gasteiger partial charge in [-0.05, 0) is 49.0 Å². The minimum Gasteiger partial charge on any atom is -0.370 e. The van der Waals surface area contributed by atoms with Crippen molar-refractivity contribution >= 4 is 34.0 Å². The normalized spacial score (nSPS) is 15.3. The van der Waals surface area contributed by atoms with Gasteiger partial charge in [-0.1, -0.05) is 20.8 Å². The molecule has 4 aromatic rings. The van der Waals surface area contributed by atoms with E-state index in [4.69, 9.17) is 4.98 Å². The number of anilines is 2. The first-order valence-corrected chi connectivity index (χ1v) is 13.7. The second-order valence-corrected chi connectivity index (χ2v) is 11.5. The van der Waals surface area contributed by atoms with E-state index < -0.39 is 0 Å². The molecule has 40 heavy (non-hydrogen) atoms. The molecule has 0 radical (unpaired) electrons. The first kappa shape index (κ1) is 25.7. The number of nitrogens with one attached hydrogen (secondary N) is 3. The van der Waals surface area contributed by atoms with Gasteiger partial charge < -0.3 is 20.5 Å². The third kappa shape index (κ3) is 5.42. The van der Waals surface area contributed by atoms with Crippen LogP contribution in [0.25, 0.3) is 39.4 Å². The lowest BCUT2D eigenvalue weighted by Gasteiger charge is -2.30. The number of allylic oxidation sites excluding steroid dienone is 2. The summed E-state index contributed by atoms with van der Waals surface area (Å²) < 4.78 is 0. The molecule has 1 saturated heterocycles. The van der Waals surface area contributed by atoms with Crippen molar-refractivity contribution in [3.8, 4) is 22.8 Å². The Bertz CT molecular complexity index is 1620. The van der Waals surface area contributed by atoms with Crippen LogP contribution in [0, 0.1) is 5.41 Å². The highest BCUT2D eigenvalue weighted by molar-refractivity contribution is 5.94. The van der Waals surface area contributed by atoms with E-state index in [1.165, 1.54) is 25.6 Å². The molecular formula is C30H33N9O. The van der Waals surface area contributed by atoms with Crippen molar-refractivity contribution in [2.75, 3.05) is 23.7 Å². The van der Waals surface area contributed by atoms with Gasteiger partial charge in [0.05, 0.1) is 35.0 Å². The number of hydrogen-bond donors (Lipinski definition) is 3. The highest BCUT2D eigenvalue weighted by atomic mass is 16.1. The van der Waals surface area contributed by atoms with Crippen LogP contribution < -0.4 is 10.6 Å². The molecule has 10 heteroatoms. The molecule has 0 bridgehead atoms. The van der Waals surface area contributed by atoms with Gasteiger partial charge in [0.25, 0.3) is 0 Å². The van der Waals surface area contributed by atoms with Crippen molar-refractivity contribution in [1.29, 1.82) is 0 Å². The number of hydrogen-bond acceptors (Lipinski definition) is 8. The number of piperidine rings is 1. The molecule has 0 spiro atoms. The molecule has 4 aromatic heterocycles. The van der Waals surface area contributed by atoms with Gasteiger partial charge in [-0.15, -0.1) is 0 Å². The third-order valence-electron chi connectivity index (χ3n) is 6.98. The first-order valence-electron chi connectivity index (χ1n) is 13.7. The molecule has 0 unspecified atom stereocenters. The van der Waals surface area contributed by atoms with Gasteiger partial charge in [0.15, 0.2) is 11.6 Å².